The van der Waals surface area contributed by atoms with Gasteiger partial charge in [-0.3, -0.25) is 0 Å². The molecule has 0 aliphatic heterocycles. The lowest BCUT2D eigenvalue weighted by atomic mass is 10.3. The summed E-state index contributed by atoms with van der Waals surface area (Å²) in [4.78, 5) is 0. The minimum atomic E-state index is 0.542. The van der Waals surface area contributed by atoms with Crippen molar-refractivity contribution >= 4 is 0 Å². The molecule has 2 nitrogen and oxygen atoms in total. The van der Waals surface area contributed by atoms with Crippen LogP contribution in [0.3, 0.4) is 0 Å². The summed E-state index contributed by atoms with van der Waals surface area (Å²) in [5.74, 6) is 1.08. The molecular weight excluding hydrogens is 100 g/mol. The van der Waals surface area contributed by atoms with Crippen LogP contribution in [0, 0.1) is 11.8 Å². The third-order valence-electron chi connectivity index (χ3n) is 1.84. The molecule has 1 rings (SSSR count). The molecule has 8 heavy (non-hydrogen) atoms. The second-order valence-corrected chi connectivity index (χ2v) is 2.26. The van der Waals surface area contributed by atoms with Gasteiger partial charge in [0.05, 0.1) is 0 Å². The van der Waals surface area contributed by atoms with Crippen LogP contribution in [0.25, 0.3) is 0 Å². The smallest absolute Gasteiger partial charge is 0.000159 e. The molecule has 0 bridgehead atoms. The monoisotopic (exact) mass is 112 g/mol. The Morgan fingerprint density at radius 2 is 1.62 bits per heavy atom. The molecule has 1 saturated carbocycles. The normalized spacial score (nSPS) is 35.5. The summed E-state index contributed by atoms with van der Waals surface area (Å²) < 4.78 is 0. The number of nitrogens with two attached hydrogens (primary N) is 2. The summed E-state index contributed by atoms with van der Waals surface area (Å²) in [5.41, 5.74) is 12.0. The molecule has 1 aliphatic rings. The first-order valence-corrected chi connectivity index (χ1v) is 2.90. The van der Waals surface area contributed by atoms with Crippen LogP contribution < -0.4 is 11.5 Å². The zero-order valence-corrected chi connectivity index (χ0v) is 4.93. The van der Waals surface area contributed by atoms with E-state index in [-0.39, 0.29) is 0 Å². The fourth-order valence-corrected chi connectivity index (χ4v) is 1.08. The van der Waals surface area contributed by atoms with Crippen LogP contribution in [0.4, 0.5) is 0 Å². The first-order valence-electron chi connectivity index (χ1n) is 2.90. The summed E-state index contributed by atoms with van der Waals surface area (Å²) in [5, 5.41) is 0. The van der Waals surface area contributed by atoms with Crippen molar-refractivity contribution < 1.29 is 0 Å². The molecule has 0 aromatic heterocycles. The lowest BCUT2D eigenvalue weighted by molar-refractivity contribution is 0.715. The minimum Gasteiger partial charge on any atom is -0.330 e. The molecule has 1 fully saturated rings. The molecular formula is C6H12N2. The quantitative estimate of drug-likeness (QED) is 0.482. The van der Waals surface area contributed by atoms with E-state index in [1.807, 2.05) is 0 Å². The van der Waals surface area contributed by atoms with Crippen LogP contribution in [0.15, 0.2) is 12.2 Å². The summed E-state index contributed by atoms with van der Waals surface area (Å²) in [6.45, 7) is 5.26. The van der Waals surface area contributed by atoms with Gasteiger partial charge in [-0.15, -0.1) is 0 Å². The first kappa shape index (κ1) is 5.79. The third kappa shape index (κ3) is 0.659. The molecule has 2 heteroatoms. The highest BCUT2D eigenvalue weighted by atomic mass is 14.7. The van der Waals surface area contributed by atoms with Crippen molar-refractivity contribution in [1.29, 1.82) is 0 Å². The van der Waals surface area contributed by atoms with Crippen molar-refractivity contribution in [3.63, 3.8) is 0 Å². The van der Waals surface area contributed by atoms with Gasteiger partial charge in [0.2, 0.25) is 0 Å². The van der Waals surface area contributed by atoms with Gasteiger partial charge in [-0.05, 0) is 24.9 Å². The molecule has 46 valence electrons. The highest BCUT2D eigenvalue weighted by Crippen LogP contribution is 2.41. The van der Waals surface area contributed by atoms with Crippen LogP contribution >= 0.6 is 0 Å². The van der Waals surface area contributed by atoms with Gasteiger partial charge in [-0.25, -0.2) is 0 Å². The summed E-state index contributed by atoms with van der Waals surface area (Å²) >= 11 is 0. The molecule has 0 spiro atoms. The average Bonchev–Trinajstić information content (AvgIpc) is 2.40. The Hall–Kier alpha value is -0.340. The third-order valence-corrected chi connectivity index (χ3v) is 1.84. The average molecular weight is 112 g/mol. The maximum Gasteiger partial charge on any atom is -0.000159 e. The first-order chi connectivity index (χ1) is 3.81. The van der Waals surface area contributed by atoms with E-state index < -0.39 is 0 Å². The van der Waals surface area contributed by atoms with Gasteiger partial charge >= 0.3 is 0 Å². The van der Waals surface area contributed by atoms with E-state index in [4.69, 9.17) is 11.5 Å². The molecule has 1 aliphatic carbocycles. The molecule has 0 aromatic rings. The van der Waals surface area contributed by atoms with E-state index >= 15 is 0 Å². The van der Waals surface area contributed by atoms with Gasteiger partial charge in [-0.1, -0.05) is 12.2 Å². The lowest BCUT2D eigenvalue weighted by Gasteiger charge is -1.84. The Labute approximate surface area is 49.5 Å². The van der Waals surface area contributed by atoms with Crippen molar-refractivity contribution in [1.82, 2.24) is 0 Å². The SMILES string of the molecule is C=C1C(CN)C1CN. The molecule has 4 N–H and O–H groups in total. The van der Waals surface area contributed by atoms with E-state index in [0.29, 0.717) is 11.8 Å². The van der Waals surface area contributed by atoms with Crippen molar-refractivity contribution in [2.75, 3.05) is 13.1 Å². The summed E-state index contributed by atoms with van der Waals surface area (Å²) in [7, 11) is 0. The highest BCUT2D eigenvalue weighted by Gasteiger charge is 2.39. The Balaban J connectivity index is 2.34. The van der Waals surface area contributed by atoms with Crippen molar-refractivity contribution in [3.05, 3.63) is 12.2 Å². The van der Waals surface area contributed by atoms with E-state index in [1.165, 1.54) is 5.57 Å². The molecule has 0 aromatic carbocycles. The van der Waals surface area contributed by atoms with E-state index in [2.05, 4.69) is 6.58 Å². The predicted molar refractivity (Wildman–Crippen MR) is 34.2 cm³/mol. The minimum absolute atomic E-state index is 0.542. The second kappa shape index (κ2) is 1.88. The van der Waals surface area contributed by atoms with E-state index in [9.17, 15) is 0 Å². The fourth-order valence-electron chi connectivity index (χ4n) is 1.08. The van der Waals surface area contributed by atoms with Gasteiger partial charge in [0.15, 0.2) is 0 Å². The zero-order chi connectivity index (χ0) is 6.15. The van der Waals surface area contributed by atoms with E-state index in [0.717, 1.165) is 13.1 Å². The summed E-state index contributed by atoms with van der Waals surface area (Å²) in [6, 6.07) is 0. The largest absolute Gasteiger partial charge is 0.330 e. The zero-order valence-electron chi connectivity index (χ0n) is 4.93. The van der Waals surface area contributed by atoms with Crippen molar-refractivity contribution in [2.45, 2.75) is 0 Å². The topological polar surface area (TPSA) is 52.0 Å². The maximum absolute atomic E-state index is 5.37. The van der Waals surface area contributed by atoms with Crippen LogP contribution in [-0.2, 0) is 0 Å². The van der Waals surface area contributed by atoms with Crippen molar-refractivity contribution in [3.8, 4) is 0 Å². The van der Waals surface area contributed by atoms with Gasteiger partial charge < -0.3 is 11.5 Å². The van der Waals surface area contributed by atoms with Gasteiger partial charge in [0.1, 0.15) is 0 Å². The lowest BCUT2D eigenvalue weighted by Crippen LogP contribution is -2.08. The van der Waals surface area contributed by atoms with Crippen LogP contribution in [0.5, 0.6) is 0 Å². The molecule has 0 amide bonds. The van der Waals surface area contributed by atoms with Crippen LogP contribution in [0.2, 0.25) is 0 Å². The molecule has 0 radical (unpaired) electrons. The van der Waals surface area contributed by atoms with Crippen molar-refractivity contribution in [2.24, 2.45) is 23.3 Å². The Kier molecular flexibility index (Phi) is 1.36. The standard InChI is InChI=1S/C6H12N2/c1-4-5(2-7)6(4)3-8/h5-6H,1-3,7-8H2. The second-order valence-electron chi connectivity index (χ2n) is 2.26. The predicted octanol–water partition coefficient (Wildman–Crippen LogP) is -0.294. The Morgan fingerprint density at radius 3 is 1.75 bits per heavy atom. The highest BCUT2D eigenvalue weighted by molar-refractivity contribution is 5.26. The maximum atomic E-state index is 5.37. The molecule has 0 saturated heterocycles. The number of hydrogen-bond donors (Lipinski definition) is 2. The molecule has 0 heterocycles. The van der Waals surface area contributed by atoms with Gasteiger partial charge in [0, 0.05) is 0 Å². The molecule has 2 atom stereocenters. The van der Waals surface area contributed by atoms with Gasteiger partial charge in [0.25, 0.3) is 0 Å². The fraction of sp³-hybridized carbons (Fsp3) is 0.667. The van der Waals surface area contributed by atoms with Crippen LogP contribution in [0.1, 0.15) is 0 Å². The Morgan fingerprint density at radius 1 is 1.25 bits per heavy atom. The number of hydrogen-bond acceptors (Lipinski definition) is 2. The van der Waals surface area contributed by atoms with Gasteiger partial charge in [-0.2, -0.15) is 0 Å². The summed E-state index contributed by atoms with van der Waals surface area (Å²) in [6.07, 6.45) is 0. The number of rotatable bonds is 2. The van der Waals surface area contributed by atoms with E-state index in [1.54, 1.807) is 0 Å². The Bertz CT molecular complexity index is 97.1. The van der Waals surface area contributed by atoms with Crippen LogP contribution in [-0.4, -0.2) is 13.1 Å². The molecule has 2 unspecified atom stereocenters.